The molecule has 0 atom stereocenters. The van der Waals surface area contributed by atoms with Crippen LogP contribution in [0.1, 0.15) is 18.4 Å². The van der Waals surface area contributed by atoms with Gasteiger partial charge in [-0.25, -0.2) is 12.8 Å². The lowest BCUT2D eigenvalue weighted by Gasteiger charge is -2.25. The second kappa shape index (κ2) is 6.32. The van der Waals surface area contributed by atoms with Crippen LogP contribution in [-0.4, -0.2) is 22.1 Å². The second-order valence-corrected chi connectivity index (χ2v) is 7.52. The summed E-state index contributed by atoms with van der Waals surface area (Å²) in [5.41, 5.74) is 6.99. The quantitative estimate of drug-likeness (QED) is 0.864. The van der Waals surface area contributed by atoms with Gasteiger partial charge in [0.2, 0.25) is 0 Å². The van der Waals surface area contributed by atoms with Gasteiger partial charge < -0.3 is 10.5 Å². The lowest BCUT2D eigenvalue weighted by Crippen LogP contribution is -2.32. The highest BCUT2D eigenvalue weighted by atomic mass is 32.2. The van der Waals surface area contributed by atoms with E-state index in [1.54, 1.807) is 6.07 Å². The monoisotopic (exact) mass is 350 g/mol. The molecule has 2 aromatic rings. The number of fused-ring (bicyclic) bond motifs is 1. The SMILES string of the molecule is COc1cc(F)c(N)cc1S(=O)(=O)N1CCCCc2ccccc21. The fraction of sp³-hybridized carbons (Fsp3) is 0.294. The Morgan fingerprint density at radius 1 is 1.21 bits per heavy atom. The first-order valence-electron chi connectivity index (χ1n) is 7.69. The van der Waals surface area contributed by atoms with Crippen molar-refractivity contribution in [2.75, 3.05) is 23.7 Å². The summed E-state index contributed by atoms with van der Waals surface area (Å²) < 4.78 is 46.5. The first-order valence-corrected chi connectivity index (χ1v) is 9.13. The fourth-order valence-corrected chi connectivity index (χ4v) is 4.65. The molecule has 1 aliphatic heterocycles. The standard InChI is InChI=1S/C17H19FN2O3S/c1-23-16-10-13(18)14(19)11-17(16)24(21,22)20-9-5-4-7-12-6-2-3-8-15(12)20/h2-3,6,8,10-11H,4-5,7,9,19H2,1H3. The molecule has 1 heterocycles. The molecule has 0 radical (unpaired) electrons. The molecule has 0 saturated heterocycles. The number of hydrogen-bond donors (Lipinski definition) is 1. The topological polar surface area (TPSA) is 72.6 Å². The largest absolute Gasteiger partial charge is 0.495 e. The maximum atomic E-state index is 13.7. The predicted octanol–water partition coefficient (Wildman–Crippen LogP) is 2.95. The smallest absolute Gasteiger partial charge is 0.268 e. The number of benzene rings is 2. The molecule has 128 valence electrons. The molecule has 0 aromatic heterocycles. The van der Waals surface area contributed by atoms with Crippen LogP contribution < -0.4 is 14.8 Å². The van der Waals surface area contributed by atoms with Gasteiger partial charge in [-0.3, -0.25) is 4.31 Å². The lowest BCUT2D eigenvalue weighted by atomic mass is 10.1. The van der Waals surface area contributed by atoms with Gasteiger partial charge in [-0.2, -0.15) is 0 Å². The van der Waals surface area contributed by atoms with E-state index in [-0.39, 0.29) is 16.3 Å². The molecule has 1 aliphatic rings. The van der Waals surface area contributed by atoms with E-state index < -0.39 is 15.8 Å². The van der Waals surface area contributed by atoms with Gasteiger partial charge in [0.25, 0.3) is 10.0 Å². The van der Waals surface area contributed by atoms with E-state index in [0.29, 0.717) is 12.2 Å². The third-order valence-corrected chi connectivity index (χ3v) is 6.00. The van der Waals surface area contributed by atoms with Crippen molar-refractivity contribution in [3.63, 3.8) is 0 Å². The van der Waals surface area contributed by atoms with E-state index in [1.807, 2.05) is 18.2 Å². The van der Waals surface area contributed by atoms with Crippen LogP contribution in [-0.2, 0) is 16.4 Å². The molecule has 0 unspecified atom stereocenters. The van der Waals surface area contributed by atoms with Gasteiger partial charge in [-0.1, -0.05) is 18.2 Å². The number of ether oxygens (including phenoxy) is 1. The molecule has 2 aromatic carbocycles. The van der Waals surface area contributed by atoms with Gasteiger partial charge in [0.05, 0.1) is 18.5 Å². The fourth-order valence-electron chi connectivity index (χ4n) is 2.94. The molecule has 0 aliphatic carbocycles. The first-order chi connectivity index (χ1) is 11.4. The molecule has 7 heteroatoms. The number of anilines is 2. The van der Waals surface area contributed by atoms with Gasteiger partial charge in [0, 0.05) is 12.6 Å². The highest BCUT2D eigenvalue weighted by Gasteiger charge is 2.31. The zero-order valence-electron chi connectivity index (χ0n) is 13.3. The van der Waals surface area contributed by atoms with Gasteiger partial charge in [0.15, 0.2) is 0 Å². The number of nitrogens with two attached hydrogens (primary N) is 1. The molecule has 0 spiro atoms. The Labute approximate surface area is 140 Å². The first kappa shape index (κ1) is 16.6. The number of nitrogen functional groups attached to an aromatic ring is 1. The van der Waals surface area contributed by atoms with Gasteiger partial charge in [-0.15, -0.1) is 0 Å². The minimum absolute atomic E-state index is 0.0524. The third-order valence-electron chi connectivity index (χ3n) is 4.17. The Bertz CT molecular complexity index is 868. The highest BCUT2D eigenvalue weighted by molar-refractivity contribution is 7.93. The summed E-state index contributed by atoms with van der Waals surface area (Å²) in [4.78, 5) is -0.124. The number of nitrogens with zero attached hydrogens (tertiary/aromatic N) is 1. The van der Waals surface area contributed by atoms with E-state index in [2.05, 4.69) is 0 Å². The van der Waals surface area contributed by atoms with E-state index in [1.165, 1.54) is 11.4 Å². The summed E-state index contributed by atoms with van der Waals surface area (Å²) in [5, 5.41) is 0. The molecule has 0 amide bonds. The third kappa shape index (κ3) is 2.80. The molecule has 0 fully saturated rings. The van der Waals surface area contributed by atoms with Crippen molar-refractivity contribution >= 4 is 21.4 Å². The molecule has 0 bridgehead atoms. The Morgan fingerprint density at radius 3 is 2.71 bits per heavy atom. The molecule has 3 rings (SSSR count). The molecule has 0 saturated carbocycles. The van der Waals surface area contributed by atoms with Crippen LogP contribution in [0.4, 0.5) is 15.8 Å². The maximum Gasteiger partial charge on any atom is 0.268 e. The Hall–Kier alpha value is -2.28. The van der Waals surface area contributed by atoms with E-state index in [9.17, 15) is 12.8 Å². The Kier molecular flexibility index (Phi) is 4.36. The Balaban J connectivity index is 2.17. The molecule has 24 heavy (non-hydrogen) atoms. The van der Waals surface area contributed by atoms with Crippen molar-refractivity contribution in [3.05, 3.63) is 47.8 Å². The van der Waals surface area contributed by atoms with Crippen LogP contribution in [0, 0.1) is 5.82 Å². The normalized spacial score (nSPS) is 14.8. The zero-order valence-corrected chi connectivity index (χ0v) is 14.1. The number of hydrogen-bond acceptors (Lipinski definition) is 4. The molecular formula is C17H19FN2O3S. The summed E-state index contributed by atoms with van der Waals surface area (Å²) in [6.45, 7) is 0.361. The predicted molar refractivity (Wildman–Crippen MR) is 91.3 cm³/mol. The van der Waals surface area contributed by atoms with Crippen molar-refractivity contribution in [2.24, 2.45) is 0 Å². The van der Waals surface area contributed by atoms with Gasteiger partial charge >= 0.3 is 0 Å². The van der Waals surface area contributed by atoms with E-state index in [0.717, 1.165) is 37.0 Å². The van der Waals surface area contributed by atoms with E-state index >= 15 is 0 Å². The van der Waals surface area contributed by atoms with Crippen LogP contribution in [0.2, 0.25) is 0 Å². The number of halogens is 1. The van der Waals surface area contributed by atoms with Gasteiger partial charge in [-0.05, 0) is 37.0 Å². The summed E-state index contributed by atoms with van der Waals surface area (Å²) >= 11 is 0. The highest BCUT2D eigenvalue weighted by Crippen LogP contribution is 2.35. The molecule has 2 N–H and O–H groups in total. The number of methoxy groups -OCH3 is 1. The summed E-state index contributed by atoms with van der Waals surface area (Å²) in [6.07, 6.45) is 2.48. The van der Waals surface area contributed by atoms with Crippen LogP contribution in [0.5, 0.6) is 5.75 Å². The van der Waals surface area contributed by atoms with Crippen LogP contribution >= 0.6 is 0 Å². The zero-order chi connectivity index (χ0) is 17.3. The van der Waals surface area contributed by atoms with Crippen molar-refractivity contribution in [3.8, 4) is 5.75 Å². The van der Waals surface area contributed by atoms with Crippen LogP contribution in [0.15, 0.2) is 41.3 Å². The number of sulfonamides is 1. The number of para-hydroxylation sites is 1. The van der Waals surface area contributed by atoms with Gasteiger partial charge in [0.1, 0.15) is 16.5 Å². The average Bonchev–Trinajstić information content (AvgIpc) is 2.79. The summed E-state index contributed by atoms with van der Waals surface area (Å²) in [5.74, 6) is -0.759. The maximum absolute atomic E-state index is 13.7. The molecular weight excluding hydrogens is 331 g/mol. The minimum atomic E-state index is -3.92. The van der Waals surface area contributed by atoms with Crippen LogP contribution in [0.25, 0.3) is 0 Å². The minimum Gasteiger partial charge on any atom is -0.495 e. The van der Waals surface area contributed by atoms with E-state index in [4.69, 9.17) is 10.5 Å². The second-order valence-electron chi connectivity index (χ2n) is 5.69. The Morgan fingerprint density at radius 2 is 1.96 bits per heavy atom. The molecule has 5 nitrogen and oxygen atoms in total. The average molecular weight is 350 g/mol. The summed E-state index contributed by atoms with van der Waals surface area (Å²) in [7, 11) is -2.61. The lowest BCUT2D eigenvalue weighted by molar-refractivity contribution is 0.399. The van der Waals surface area contributed by atoms with Crippen molar-refractivity contribution < 1.29 is 17.5 Å². The summed E-state index contributed by atoms with van der Waals surface area (Å²) in [6, 6.07) is 9.55. The van der Waals surface area contributed by atoms with Crippen LogP contribution in [0.3, 0.4) is 0 Å². The number of aryl methyl sites for hydroxylation is 1. The van der Waals surface area contributed by atoms with Crippen molar-refractivity contribution in [1.82, 2.24) is 0 Å². The number of rotatable bonds is 3. The van der Waals surface area contributed by atoms with Crippen molar-refractivity contribution in [1.29, 1.82) is 0 Å². The van der Waals surface area contributed by atoms with Crippen molar-refractivity contribution in [2.45, 2.75) is 24.2 Å².